The zero-order chi connectivity index (χ0) is 19.8. The van der Waals surface area contributed by atoms with Crippen molar-refractivity contribution in [2.45, 2.75) is 39.5 Å². The van der Waals surface area contributed by atoms with Crippen LogP contribution in [0.1, 0.15) is 25.0 Å². The van der Waals surface area contributed by atoms with E-state index in [0.29, 0.717) is 24.6 Å². The molecule has 0 aromatic heterocycles. The van der Waals surface area contributed by atoms with Gasteiger partial charge in [-0.15, -0.1) is 0 Å². The van der Waals surface area contributed by atoms with Gasteiger partial charge in [0, 0.05) is 19.1 Å². The van der Waals surface area contributed by atoms with Crippen molar-refractivity contribution in [1.29, 1.82) is 0 Å². The molecule has 0 spiro atoms. The molecule has 0 aliphatic carbocycles. The molecule has 2 rings (SSSR count). The first-order chi connectivity index (χ1) is 12.9. The largest absolute Gasteiger partial charge is 0.493 e. The molecule has 0 heterocycles. The predicted octanol–water partition coefficient (Wildman–Crippen LogP) is 3.66. The number of nitrogens with zero attached hydrogens (tertiary/aromatic N) is 1. The minimum Gasteiger partial charge on any atom is -0.493 e. The third kappa shape index (κ3) is 6.15. The number of rotatable bonds is 10. The predicted molar refractivity (Wildman–Crippen MR) is 108 cm³/mol. The minimum absolute atomic E-state index is 0.264. The van der Waals surface area contributed by atoms with Crippen LogP contribution < -0.4 is 14.2 Å². The molecular weight excluding hydrogens is 342 g/mol. The molecule has 148 valence electrons. The normalized spacial score (nSPS) is 12.3. The summed E-state index contributed by atoms with van der Waals surface area (Å²) in [7, 11) is 3.26. The first-order valence-electron chi connectivity index (χ1n) is 9.26. The van der Waals surface area contributed by atoms with Gasteiger partial charge in [0.2, 0.25) is 0 Å². The Morgan fingerprint density at radius 3 is 2.30 bits per heavy atom. The van der Waals surface area contributed by atoms with Crippen molar-refractivity contribution < 1.29 is 19.3 Å². The Balaban J connectivity index is 1.97. The lowest BCUT2D eigenvalue weighted by Gasteiger charge is -2.29. The van der Waals surface area contributed by atoms with Crippen LogP contribution in [0.3, 0.4) is 0 Å². The van der Waals surface area contributed by atoms with Crippen molar-refractivity contribution in [3.8, 4) is 17.2 Å². The summed E-state index contributed by atoms with van der Waals surface area (Å²) in [5, 5.41) is 10.5. The Morgan fingerprint density at radius 1 is 0.963 bits per heavy atom. The van der Waals surface area contributed by atoms with Crippen molar-refractivity contribution in [1.82, 2.24) is 4.90 Å². The SMILES string of the molecule is COc1ccc(CN(C[C@H](O)COc2ccccc2C)C(C)C)cc1OC. The third-order valence-corrected chi connectivity index (χ3v) is 4.53. The van der Waals surface area contributed by atoms with Gasteiger partial charge in [-0.25, -0.2) is 0 Å². The number of ether oxygens (including phenoxy) is 3. The molecule has 0 saturated heterocycles. The number of methoxy groups -OCH3 is 2. The lowest BCUT2D eigenvalue weighted by Crippen LogP contribution is -2.39. The van der Waals surface area contributed by atoms with Gasteiger partial charge in [0.25, 0.3) is 0 Å². The highest BCUT2D eigenvalue weighted by Gasteiger charge is 2.17. The van der Waals surface area contributed by atoms with E-state index < -0.39 is 6.10 Å². The van der Waals surface area contributed by atoms with Gasteiger partial charge < -0.3 is 19.3 Å². The second-order valence-electron chi connectivity index (χ2n) is 6.94. The lowest BCUT2D eigenvalue weighted by atomic mass is 10.1. The smallest absolute Gasteiger partial charge is 0.161 e. The van der Waals surface area contributed by atoms with Crippen molar-refractivity contribution >= 4 is 0 Å². The summed E-state index contributed by atoms with van der Waals surface area (Å²) in [6, 6.07) is 14.0. The molecule has 5 nitrogen and oxygen atoms in total. The van der Waals surface area contributed by atoms with Gasteiger partial charge in [0.05, 0.1) is 14.2 Å². The molecule has 5 heteroatoms. The molecule has 0 saturated carbocycles. The van der Waals surface area contributed by atoms with Crippen LogP contribution in [-0.2, 0) is 6.54 Å². The van der Waals surface area contributed by atoms with Gasteiger partial charge in [-0.2, -0.15) is 0 Å². The fourth-order valence-electron chi connectivity index (χ4n) is 2.90. The number of aliphatic hydroxyl groups is 1. The number of hydrogen-bond donors (Lipinski definition) is 1. The van der Waals surface area contributed by atoms with Crippen LogP contribution in [0, 0.1) is 6.92 Å². The number of para-hydroxylation sites is 1. The monoisotopic (exact) mass is 373 g/mol. The molecule has 2 aromatic carbocycles. The number of hydrogen-bond acceptors (Lipinski definition) is 5. The van der Waals surface area contributed by atoms with E-state index in [4.69, 9.17) is 14.2 Å². The Kier molecular flexibility index (Phi) is 7.95. The maximum absolute atomic E-state index is 10.5. The second-order valence-corrected chi connectivity index (χ2v) is 6.94. The first-order valence-corrected chi connectivity index (χ1v) is 9.26. The molecule has 27 heavy (non-hydrogen) atoms. The van der Waals surface area contributed by atoms with Crippen LogP contribution >= 0.6 is 0 Å². The van der Waals surface area contributed by atoms with E-state index >= 15 is 0 Å². The summed E-state index contributed by atoms with van der Waals surface area (Å²) >= 11 is 0. The van der Waals surface area contributed by atoms with E-state index in [-0.39, 0.29) is 12.6 Å². The summed E-state index contributed by atoms with van der Waals surface area (Å²) in [6.45, 7) is 7.74. The Morgan fingerprint density at radius 2 is 1.67 bits per heavy atom. The third-order valence-electron chi connectivity index (χ3n) is 4.53. The van der Waals surface area contributed by atoms with Crippen LogP contribution in [0.15, 0.2) is 42.5 Å². The summed E-state index contributed by atoms with van der Waals surface area (Å²) in [5.41, 5.74) is 2.17. The summed E-state index contributed by atoms with van der Waals surface area (Å²) in [4.78, 5) is 2.22. The zero-order valence-electron chi connectivity index (χ0n) is 16.9. The highest BCUT2D eigenvalue weighted by Crippen LogP contribution is 2.28. The molecule has 1 N–H and O–H groups in total. The lowest BCUT2D eigenvalue weighted by molar-refractivity contribution is 0.0541. The molecule has 2 aromatic rings. The van der Waals surface area contributed by atoms with Crippen molar-refractivity contribution in [3.63, 3.8) is 0 Å². The summed E-state index contributed by atoms with van der Waals surface area (Å²) < 4.78 is 16.5. The molecule has 0 aliphatic rings. The topological polar surface area (TPSA) is 51.2 Å². The molecule has 0 unspecified atom stereocenters. The molecule has 1 atom stereocenters. The number of aliphatic hydroxyl groups excluding tert-OH is 1. The standard InChI is InChI=1S/C22H31NO4/c1-16(2)23(13-18-10-11-21(25-4)22(12-18)26-5)14-19(24)15-27-20-9-7-6-8-17(20)3/h6-12,16,19,24H,13-15H2,1-5H3/t19-/m0/s1. The average Bonchev–Trinajstić information content (AvgIpc) is 2.66. The first kappa shape index (κ1) is 21.1. The average molecular weight is 373 g/mol. The van der Waals surface area contributed by atoms with Gasteiger partial charge in [-0.1, -0.05) is 24.3 Å². The fraction of sp³-hybridized carbons (Fsp3) is 0.455. The van der Waals surface area contributed by atoms with Gasteiger partial charge in [-0.3, -0.25) is 4.90 Å². The minimum atomic E-state index is -0.577. The molecular formula is C22H31NO4. The molecule has 0 fully saturated rings. The van der Waals surface area contributed by atoms with Crippen LogP contribution in [0.25, 0.3) is 0 Å². The van der Waals surface area contributed by atoms with Gasteiger partial charge in [0.15, 0.2) is 11.5 Å². The molecule has 0 radical (unpaired) electrons. The van der Waals surface area contributed by atoms with Crippen molar-refractivity contribution in [2.24, 2.45) is 0 Å². The highest BCUT2D eigenvalue weighted by molar-refractivity contribution is 5.42. The Hall–Kier alpha value is -2.24. The number of aryl methyl sites for hydroxylation is 1. The van der Waals surface area contributed by atoms with E-state index in [0.717, 1.165) is 16.9 Å². The van der Waals surface area contributed by atoms with Crippen LogP contribution in [0.2, 0.25) is 0 Å². The molecule has 0 amide bonds. The van der Waals surface area contributed by atoms with Crippen molar-refractivity contribution in [3.05, 3.63) is 53.6 Å². The Bertz CT molecular complexity index is 717. The van der Waals surface area contributed by atoms with E-state index in [1.165, 1.54) is 0 Å². The summed E-state index contributed by atoms with van der Waals surface area (Å²) in [5.74, 6) is 2.23. The van der Waals surface area contributed by atoms with E-state index in [1.54, 1.807) is 14.2 Å². The summed E-state index contributed by atoms with van der Waals surface area (Å²) in [6.07, 6.45) is -0.577. The fourth-order valence-corrected chi connectivity index (χ4v) is 2.90. The van der Waals surface area contributed by atoms with E-state index in [2.05, 4.69) is 18.7 Å². The van der Waals surface area contributed by atoms with Gasteiger partial charge in [0.1, 0.15) is 18.5 Å². The maximum Gasteiger partial charge on any atom is 0.161 e. The second kappa shape index (κ2) is 10.2. The van der Waals surface area contributed by atoms with Gasteiger partial charge >= 0.3 is 0 Å². The van der Waals surface area contributed by atoms with Crippen LogP contribution in [-0.4, -0.2) is 49.5 Å². The quantitative estimate of drug-likeness (QED) is 0.689. The van der Waals surface area contributed by atoms with Gasteiger partial charge in [-0.05, 0) is 50.1 Å². The maximum atomic E-state index is 10.5. The van der Waals surface area contributed by atoms with E-state index in [9.17, 15) is 5.11 Å². The van der Waals surface area contributed by atoms with E-state index in [1.807, 2.05) is 49.4 Å². The van der Waals surface area contributed by atoms with Crippen LogP contribution in [0.5, 0.6) is 17.2 Å². The zero-order valence-corrected chi connectivity index (χ0v) is 16.9. The number of benzene rings is 2. The Labute approximate surface area is 162 Å². The van der Waals surface area contributed by atoms with Crippen molar-refractivity contribution in [2.75, 3.05) is 27.4 Å². The van der Waals surface area contributed by atoms with Crippen LogP contribution in [0.4, 0.5) is 0 Å². The molecule has 0 aliphatic heterocycles. The molecule has 0 bridgehead atoms. The highest BCUT2D eigenvalue weighted by atomic mass is 16.5.